The average Bonchev–Trinajstić information content (AvgIpc) is 2.92. The van der Waals surface area contributed by atoms with Gasteiger partial charge < -0.3 is 10.3 Å². The monoisotopic (exact) mass is 238 g/mol. The van der Waals surface area contributed by atoms with Crippen LogP contribution in [-0.2, 0) is 6.42 Å². The van der Waals surface area contributed by atoms with Gasteiger partial charge in [-0.2, -0.15) is 0 Å². The van der Waals surface area contributed by atoms with Crippen LogP contribution in [0.5, 0.6) is 0 Å². The van der Waals surface area contributed by atoms with Gasteiger partial charge in [0.2, 0.25) is 0 Å². The van der Waals surface area contributed by atoms with Gasteiger partial charge in [0.25, 0.3) is 0 Å². The van der Waals surface area contributed by atoms with Gasteiger partial charge in [-0.15, -0.1) is 0 Å². The molecule has 0 aliphatic rings. The fourth-order valence-electron chi connectivity index (χ4n) is 2.00. The molecule has 0 unspecified atom stereocenters. The molecule has 3 rings (SSSR count). The highest BCUT2D eigenvalue weighted by Crippen LogP contribution is 2.20. The molecule has 2 aromatic heterocycles. The molecule has 0 bridgehead atoms. The number of hydrogen-bond donors (Lipinski definition) is 2. The first kappa shape index (κ1) is 10.8. The third-order valence-corrected chi connectivity index (χ3v) is 2.88. The summed E-state index contributed by atoms with van der Waals surface area (Å²) in [7, 11) is 0. The van der Waals surface area contributed by atoms with Crippen LogP contribution < -0.4 is 5.32 Å². The molecular formula is C14H14N4. The molecule has 4 nitrogen and oxygen atoms in total. The first-order valence-electron chi connectivity index (χ1n) is 5.99. The molecule has 0 amide bonds. The summed E-state index contributed by atoms with van der Waals surface area (Å²) in [5, 5.41) is 4.58. The molecule has 0 saturated carbocycles. The number of nitrogens with one attached hydrogen (secondary N) is 2. The number of aromatic amines is 1. The zero-order valence-electron chi connectivity index (χ0n) is 9.93. The van der Waals surface area contributed by atoms with Crippen molar-refractivity contribution in [2.24, 2.45) is 0 Å². The number of hydrogen-bond acceptors (Lipinski definition) is 3. The molecule has 90 valence electrons. The van der Waals surface area contributed by atoms with Crippen molar-refractivity contribution in [3.63, 3.8) is 0 Å². The molecule has 0 spiro atoms. The average molecular weight is 238 g/mol. The van der Waals surface area contributed by atoms with Gasteiger partial charge >= 0.3 is 0 Å². The normalized spacial score (nSPS) is 10.7. The first-order valence-corrected chi connectivity index (χ1v) is 5.99. The summed E-state index contributed by atoms with van der Waals surface area (Å²) in [4.78, 5) is 11.6. The van der Waals surface area contributed by atoms with E-state index >= 15 is 0 Å². The molecule has 18 heavy (non-hydrogen) atoms. The van der Waals surface area contributed by atoms with E-state index in [0.29, 0.717) is 0 Å². The van der Waals surface area contributed by atoms with Gasteiger partial charge in [-0.1, -0.05) is 18.2 Å². The maximum atomic E-state index is 4.34. The van der Waals surface area contributed by atoms with Gasteiger partial charge in [-0.25, -0.2) is 4.98 Å². The van der Waals surface area contributed by atoms with Crippen molar-refractivity contribution in [3.05, 3.63) is 54.7 Å². The zero-order valence-corrected chi connectivity index (χ0v) is 9.93. The third kappa shape index (κ3) is 2.18. The van der Waals surface area contributed by atoms with Gasteiger partial charge in [-0.05, 0) is 12.1 Å². The number of nitrogens with zero attached hydrogens (tertiary/aromatic N) is 2. The number of pyridine rings is 1. The minimum atomic E-state index is 0.849. The van der Waals surface area contributed by atoms with Crippen molar-refractivity contribution in [3.8, 4) is 0 Å². The molecule has 0 aliphatic heterocycles. The number of fused-ring (bicyclic) bond motifs is 1. The lowest BCUT2D eigenvalue weighted by Crippen LogP contribution is -2.06. The van der Waals surface area contributed by atoms with Crippen LogP contribution in [0.3, 0.4) is 0 Å². The highest BCUT2D eigenvalue weighted by Gasteiger charge is 2.00. The number of rotatable bonds is 4. The summed E-state index contributed by atoms with van der Waals surface area (Å²) in [5.41, 5.74) is 2.13. The van der Waals surface area contributed by atoms with Crippen LogP contribution in [-0.4, -0.2) is 21.5 Å². The SMILES string of the molecule is c1ccc2c(NCCc3ncc[nH]3)ccnc2c1. The van der Waals surface area contributed by atoms with Crippen LogP contribution in [0.25, 0.3) is 10.9 Å². The summed E-state index contributed by atoms with van der Waals surface area (Å²) in [6.07, 6.45) is 6.33. The van der Waals surface area contributed by atoms with Crippen LogP contribution in [0.15, 0.2) is 48.9 Å². The quantitative estimate of drug-likeness (QED) is 0.734. The Kier molecular flexibility index (Phi) is 2.92. The molecule has 0 saturated heterocycles. The van der Waals surface area contributed by atoms with E-state index in [0.717, 1.165) is 35.4 Å². The zero-order chi connectivity index (χ0) is 12.2. The lowest BCUT2D eigenvalue weighted by atomic mass is 10.2. The van der Waals surface area contributed by atoms with Crippen LogP contribution >= 0.6 is 0 Å². The van der Waals surface area contributed by atoms with Gasteiger partial charge in [0.15, 0.2) is 0 Å². The van der Waals surface area contributed by atoms with Crippen LogP contribution in [0.2, 0.25) is 0 Å². The second-order valence-corrected chi connectivity index (χ2v) is 4.09. The van der Waals surface area contributed by atoms with Crippen molar-refractivity contribution in [2.75, 3.05) is 11.9 Å². The number of aromatic nitrogens is 3. The predicted molar refractivity (Wildman–Crippen MR) is 72.5 cm³/mol. The van der Waals surface area contributed by atoms with Crippen molar-refractivity contribution in [2.45, 2.75) is 6.42 Å². The molecule has 4 heteroatoms. The Balaban J connectivity index is 1.74. The fourth-order valence-corrected chi connectivity index (χ4v) is 2.00. The maximum Gasteiger partial charge on any atom is 0.107 e. The van der Waals surface area contributed by atoms with Gasteiger partial charge in [0, 0.05) is 42.6 Å². The molecule has 0 radical (unpaired) electrons. The lowest BCUT2D eigenvalue weighted by Gasteiger charge is -2.08. The van der Waals surface area contributed by atoms with E-state index in [2.05, 4.69) is 26.3 Å². The molecule has 2 N–H and O–H groups in total. The number of benzene rings is 1. The van der Waals surface area contributed by atoms with E-state index < -0.39 is 0 Å². The summed E-state index contributed by atoms with van der Waals surface area (Å²) in [6.45, 7) is 0.849. The smallest absolute Gasteiger partial charge is 0.107 e. The highest BCUT2D eigenvalue weighted by atomic mass is 14.9. The Morgan fingerprint density at radius 3 is 2.89 bits per heavy atom. The number of para-hydroxylation sites is 1. The summed E-state index contributed by atoms with van der Waals surface area (Å²) < 4.78 is 0. The molecular weight excluding hydrogens is 224 g/mol. The van der Waals surface area contributed by atoms with Gasteiger partial charge in [0.05, 0.1) is 5.52 Å². The van der Waals surface area contributed by atoms with Crippen molar-refractivity contribution >= 4 is 16.6 Å². The Bertz CT molecular complexity index is 626. The van der Waals surface area contributed by atoms with Crippen LogP contribution in [0.4, 0.5) is 5.69 Å². The van der Waals surface area contributed by atoms with E-state index in [-0.39, 0.29) is 0 Å². The Labute approximate surface area is 105 Å². The first-order chi connectivity index (χ1) is 8.93. The van der Waals surface area contributed by atoms with E-state index in [9.17, 15) is 0 Å². The maximum absolute atomic E-state index is 4.34. The second-order valence-electron chi connectivity index (χ2n) is 4.09. The van der Waals surface area contributed by atoms with E-state index in [1.807, 2.05) is 36.7 Å². The topological polar surface area (TPSA) is 53.6 Å². The molecule has 3 aromatic rings. The minimum absolute atomic E-state index is 0.849. The summed E-state index contributed by atoms with van der Waals surface area (Å²) >= 11 is 0. The van der Waals surface area contributed by atoms with E-state index in [1.54, 1.807) is 6.20 Å². The number of imidazole rings is 1. The predicted octanol–water partition coefficient (Wildman–Crippen LogP) is 2.61. The molecule has 1 aromatic carbocycles. The number of H-pyrrole nitrogens is 1. The second kappa shape index (κ2) is 4.87. The lowest BCUT2D eigenvalue weighted by molar-refractivity contribution is 0.928. The minimum Gasteiger partial charge on any atom is -0.384 e. The Hall–Kier alpha value is -2.36. The van der Waals surface area contributed by atoms with E-state index in [1.165, 1.54) is 0 Å². The standard InChI is InChI=1S/C14H14N4/c1-2-4-12-11(3-1)13(5-7-15-12)16-8-6-14-17-9-10-18-14/h1-5,7,9-10H,6,8H2,(H,15,16)(H,17,18). The summed E-state index contributed by atoms with van der Waals surface area (Å²) in [6, 6.07) is 10.1. The highest BCUT2D eigenvalue weighted by molar-refractivity contribution is 5.90. The van der Waals surface area contributed by atoms with Crippen molar-refractivity contribution < 1.29 is 0 Å². The van der Waals surface area contributed by atoms with Crippen molar-refractivity contribution in [1.82, 2.24) is 15.0 Å². The number of anilines is 1. The van der Waals surface area contributed by atoms with Crippen LogP contribution in [0.1, 0.15) is 5.82 Å². The Morgan fingerprint density at radius 1 is 1.06 bits per heavy atom. The Morgan fingerprint density at radius 2 is 2.00 bits per heavy atom. The van der Waals surface area contributed by atoms with Gasteiger partial charge in [0.1, 0.15) is 5.82 Å². The molecule has 0 aliphatic carbocycles. The van der Waals surface area contributed by atoms with E-state index in [4.69, 9.17) is 0 Å². The van der Waals surface area contributed by atoms with Crippen LogP contribution in [0, 0.1) is 0 Å². The molecule has 2 heterocycles. The third-order valence-electron chi connectivity index (χ3n) is 2.88. The van der Waals surface area contributed by atoms with Crippen molar-refractivity contribution in [1.29, 1.82) is 0 Å². The summed E-state index contributed by atoms with van der Waals surface area (Å²) in [5.74, 6) is 1.00. The fraction of sp³-hybridized carbons (Fsp3) is 0.143. The molecule has 0 atom stereocenters. The van der Waals surface area contributed by atoms with Gasteiger partial charge in [-0.3, -0.25) is 4.98 Å². The largest absolute Gasteiger partial charge is 0.384 e. The molecule has 0 fully saturated rings.